The molecule has 0 atom stereocenters. The van der Waals surface area contributed by atoms with Crippen LogP contribution in [0.2, 0.25) is 5.02 Å². The van der Waals surface area contributed by atoms with Gasteiger partial charge in [-0.15, -0.1) is 0 Å². The van der Waals surface area contributed by atoms with Gasteiger partial charge in [-0.25, -0.2) is 0 Å². The van der Waals surface area contributed by atoms with E-state index in [2.05, 4.69) is 0 Å². The van der Waals surface area contributed by atoms with Crippen molar-refractivity contribution in [3.63, 3.8) is 0 Å². The average Bonchev–Trinajstić information content (AvgIpc) is 2.30. The van der Waals surface area contributed by atoms with Crippen molar-refractivity contribution in [1.29, 1.82) is 0 Å². The molecule has 1 aromatic carbocycles. The topological polar surface area (TPSA) is 12.2 Å². The summed E-state index contributed by atoms with van der Waals surface area (Å²) in [6.45, 7) is -0.496. The van der Waals surface area contributed by atoms with E-state index in [4.69, 9.17) is 16.3 Å². The van der Waals surface area contributed by atoms with Crippen LogP contribution in [0.3, 0.4) is 0 Å². The quantitative estimate of drug-likeness (QED) is 0.435. The molecular weight excluding hydrogens is 324 g/mol. The number of benzene rings is 1. The summed E-state index contributed by atoms with van der Waals surface area (Å²) < 4.78 is 72.1. The molecule has 1 fully saturated rings. The van der Waals surface area contributed by atoms with Gasteiger partial charge in [-0.3, -0.25) is 0 Å². The summed E-state index contributed by atoms with van der Waals surface area (Å²) in [7, 11) is -10.0. The van der Waals surface area contributed by atoms with Gasteiger partial charge in [0.15, 0.2) is 0 Å². The second-order valence-electron chi connectivity index (χ2n) is 4.49. The van der Waals surface area contributed by atoms with Gasteiger partial charge < -0.3 is 0 Å². The van der Waals surface area contributed by atoms with Crippen LogP contribution in [0.1, 0.15) is 5.56 Å². The van der Waals surface area contributed by atoms with Crippen LogP contribution >= 0.6 is 19.1 Å². The molecule has 0 amide bonds. The second kappa shape index (κ2) is 4.36. The van der Waals surface area contributed by atoms with E-state index >= 15 is 0 Å². The zero-order valence-electron chi connectivity index (χ0n) is 10.2. The Morgan fingerprint density at radius 1 is 1.00 bits per heavy atom. The van der Waals surface area contributed by atoms with Gasteiger partial charge in [0, 0.05) is 0 Å². The summed E-state index contributed by atoms with van der Waals surface area (Å²) in [5.41, 5.74) is -2.43. The Kier molecular flexibility index (Phi) is 3.40. The van der Waals surface area contributed by atoms with Gasteiger partial charge in [0.1, 0.15) is 0 Å². The van der Waals surface area contributed by atoms with Gasteiger partial charge in [0.25, 0.3) is 0 Å². The van der Waals surface area contributed by atoms with E-state index in [0.29, 0.717) is 4.58 Å². The van der Waals surface area contributed by atoms with Crippen LogP contribution in [0.4, 0.5) is 21.0 Å². The maximum absolute atomic E-state index is 13.3. The Balaban J connectivity index is 2.66. The van der Waals surface area contributed by atoms with Crippen molar-refractivity contribution in [3.8, 4) is 0 Å². The molecule has 114 valence electrons. The third kappa shape index (κ3) is 3.65. The van der Waals surface area contributed by atoms with Crippen LogP contribution in [-0.2, 0) is 4.74 Å². The molecule has 1 heterocycles. The maximum atomic E-state index is 13.3. The van der Waals surface area contributed by atoms with E-state index in [1.54, 1.807) is 0 Å². The van der Waals surface area contributed by atoms with E-state index in [1.807, 2.05) is 0 Å². The van der Waals surface area contributed by atoms with E-state index in [0.717, 1.165) is 24.3 Å². The van der Waals surface area contributed by atoms with Crippen LogP contribution in [0.25, 0.3) is 0 Å². The standard InChI is InChI=1S/C11H12ClF5NOP/c12-10-3-1-9(2-4-10)11(20(13,14,15,16)17)18-5-7-19-8-6-18/h1-4H,5-8H2. The van der Waals surface area contributed by atoms with Crippen molar-refractivity contribution in [3.05, 3.63) is 34.9 Å². The fraction of sp³-hybridized carbons (Fsp3) is 0.364. The van der Waals surface area contributed by atoms with E-state index in [-0.39, 0.29) is 31.3 Å². The summed E-state index contributed by atoms with van der Waals surface area (Å²) in [6.07, 6.45) is 0. The number of nitrogens with zero attached hydrogens (tertiary/aromatic N) is 1. The Bertz CT molecular complexity index is 546. The predicted octanol–water partition coefficient (Wildman–Crippen LogP) is 4.64. The van der Waals surface area contributed by atoms with E-state index in [9.17, 15) is 21.0 Å². The minimum absolute atomic E-state index is 0.0199. The number of hydrogen-bond donors (Lipinski definition) is 0. The molecule has 1 saturated heterocycles. The fourth-order valence-corrected chi connectivity index (χ4v) is 3.57. The molecule has 0 bridgehead atoms. The molecule has 2 rings (SSSR count). The fourth-order valence-electron chi connectivity index (χ4n) is 2.07. The van der Waals surface area contributed by atoms with E-state index in [1.165, 1.54) is 0 Å². The zero-order chi connectivity index (χ0) is 15.1. The first kappa shape index (κ1) is 15.6. The van der Waals surface area contributed by atoms with Crippen molar-refractivity contribution in [2.24, 2.45) is 0 Å². The van der Waals surface area contributed by atoms with Crippen molar-refractivity contribution in [1.82, 2.24) is 0 Å². The molecule has 0 saturated carbocycles. The number of ether oxygens (including phenoxy) is 1. The molecule has 2 nitrogen and oxygen atoms in total. The third-order valence-electron chi connectivity index (χ3n) is 2.81. The van der Waals surface area contributed by atoms with Crippen molar-refractivity contribution in [2.45, 2.75) is 0 Å². The second-order valence-corrected chi connectivity index (χ2v) is 7.47. The third-order valence-corrected chi connectivity index (χ3v) is 4.41. The summed E-state index contributed by atoms with van der Waals surface area (Å²) in [5.74, 6) is 0. The Morgan fingerprint density at radius 3 is 1.95 bits per heavy atom. The molecule has 1 aromatic rings. The molecule has 0 N–H and O–H groups in total. The van der Waals surface area contributed by atoms with Gasteiger partial charge >= 0.3 is 116 Å². The molecular formula is C11H12ClF5NOP. The van der Waals surface area contributed by atoms with Gasteiger partial charge in [-0.05, 0) is 0 Å². The number of halogens is 6. The van der Waals surface area contributed by atoms with Crippen LogP contribution in [0.5, 0.6) is 0 Å². The van der Waals surface area contributed by atoms with Crippen molar-refractivity contribution >= 4 is 24.6 Å². The van der Waals surface area contributed by atoms with Gasteiger partial charge in [0.05, 0.1) is 0 Å². The summed E-state index contributed by atoms with van der Waals surface area (Å²) in [4.78, 5) is 0. The van der Waals surface area contributed by atoms with Crippen molar-refractivity contribution < 1.29 is 30.3 Å². The Morgan fingerprint density at radius 2 is 1.50 bits per heavy atom. The zero-order valence-corrected chi connectivity index (χ0v) is 11.9. The molecule has 9 heteroatoms. The first-order valence-electron chi connectivity index (χ1n) is 5.76. The molecule has 0 aliphatic carbocycles. The molecule has 0 radical (unpaired) electrons. The normalized spacial score (nSPS) is 20.2. The van der Waals surface area contributed by atoms with E-state index < -0.39 is 18.5 Å². The summed E-state index contributed by atoms with van der Waals surface area (Å²) in [5, 5.41) is 0.180. The van der Waals surface area contributed by atoms with Crippen LogP contribution in [0, 0.1) is 0 Å². The Hall–Kier alpha value is -0.780. The molecule has 1 aliphatic rings. The number of morpholine rings is 1. The SMILES string of the molecule is F[P-](F)(F)(F)(F)C(c1ccc(Cl)cc1)=[N+]1CCOCC1. The molecule has 20 heavy (non-hydrogen) atoms. The first-order chi connectivity index (χ1) is 8.97. The van der Waals surface area contributed by atoms with Crippen LogP contribution < -0.4 is 0 Å². The van der Waals surface area contributed by atoms with Crippen molar-refractivity contribution in [2.75, 3.05) is 26.3 Å². The van der Waals surface area contributed by atoms with Crippen LogP contribution in [-0.4, -0.2) is 36.3 Å². The molecule has 0 spiro atoms. The minimum atomic E-state index is -10.0. The number of rotatable bonds is 2. The monoisotopic (exact) mass is 335 g/mol. The first-order valence-corrected chi connectivity index (χ1v) is 8.28. The Labute approximate surface area is 116 Å². The molecule has 1 aliphatic heterocycles. The van der Waals surface area contributed by atoms with Gasteiger partial charge in [-0.2, -0.15) is 0 Å². The molecule has 0 unspecified atom stereocenters. The molecule has 0 aromatic heterocycles. The van der Waals surface area contributed by atoms with Gasteiger partial charge in [-0.1, -0.05) is 0 Å². The average molecular weight is 336 g/mol. The van der Waals surface area contributed by atoms with Gasteiger partial charge in [0.2, 0.25) is 0 Å². The van der Waals surface area contributed by atoms with Crippen LogP contribution in [0.15, 0.2) is 24.3 Å². The number of hydrogen-bond acceptors (Lipinski definition) is 1. The summed E-state index contributed by atoms with van der Waals surface area (Å²) >= 11 is 5.59. The summed E-state index contributed by atoms with van der Waals surface area (Å²) in [6, 6.07) is 4.22. The predicted molar refractivity (Wildman–Crippen MR) is 68.8 cm³/mol.